The average molecular weight is 399 g/mol. The van der Waals surface area contributed by atoms with Gasteiger partial charge in [0, 0.05) is 16.6 Å². The van der Waals surface area contributed by atoms with E-state index in [0.717, 1.165) is 11.3 Å². The van der Waals surface area contributed by atoms with Gasteiger partial charge in [0.1, 0.15) is 0 Å². The van der Waals surface area contributed by atoms with E-state index in [1.807, 2.05) is 20.8 Å². The fourth-order valence-corrected chi connectivity index (χ4v) is 4.90. The first-order valence-electron chi connectivity index (χ1n) is 7.46. The number of rotatable bonds is 4. The average Bonchev–Trinajstić information content (AvgIpc) is 2.88. The van der Waals surface area contributed by atoms with E-state index >= 15 is 0 Å². The lowest BCUT2D eigenvalue weighted by Crippen LogP contribution is -2.19. The molecule has 0 radical (unpaired) electrons. The van der Waals surface area contributed by atoms with E-state index in [9.17, 15) is 13.2 Å². The van der Waals surface area contributed by atoms with Crippen molar-refractivity contribution < 1.29 is 13.2 Å². The topological polar surface area (TPSA) is 75.6 Å². The molecule has 0 fully saturated rings. The van der Waals surface area contributed by atoms with Crippen molar-refractivity contribution in [2.75, 3.05) is 0 Å². The first-order chi connectivity index (χ1) is 11.5. The molecule has 0 aliphatic carbocycles. The van der Waals surface area contributed by atoms with E-state index in [4.69, 9.17) is 11.6 Å². The Morgan fingerprint density at radius 2 is 1.84 bits per heavy atom. The standard InChI is InChI=1S/C17H19ClN2O3S2/c1-11-14(25(22,23)13-7-5-12(18)6-8-13)9-24-15(11)16(21)20-19-10-17(2,3)4/h5-10H,1-4H3,(H,20,21)/b19-10-. The predicted octanol–water partition coefficient (Wildman–Crippen LogP) is 4.30. The van der Waals surface area contributed by atoms with Crippen LogP contribution in [0.5, 0.6) is 0 Å². The molecule has 0 aliphatic heterocycles. The van der Waals surface area contributed by atoms with Crippen LogP contribution in [0.25, 0.3) is 0 Å². The minimum Gasteiger partial charge on any atom is -0.266 e. The molecule has 0 spiro atoms. The van der Waals surface area contributed by atoms with Gasteiger partial charge in [0.2, 0.25) is 9.84 Å². The van der Waals surface area contributed by atoms with Gasteiger partial charge in [-0.1, -0.05) is 32.4 Å². The van der Waals surface area contributed by atoms with Crippen LogP contribution in [0.2, 0.25) is 5.02 Å². The van der Waals surface area contributed by atoms with Crippen LogP contribution in [0.4, 0.5) is 0 Å². The Morgan fingerprint density at radius 3 is 2.40 bits per heavy atom. The molecule has 2 aromatic rings. The molecule has 0 saturated heterocycles. The largest absolute Gasteiger partial charge is 0.281 e. The van der Waals surface area contributed by atoms with E-state index < -0.39 is 15.7 Å². The lowest BCUT2D eigenvalue weighted by atomic mass is 9.99. The number of nitrogens with zero attached hydrogens (tertiary/aromatic N) is 1. The van der Waals surface area contributed by atoms with Crippen LogP contribution in [-0.4, -0.2) is 20.5 Å². The quantitative estimate of drug-likeness (QED) is 0.616. The fourth-order valence-electron chi connectivity index (χ4n) is 1.97. The van der Waals surface area contributed by atoms with Gasteiger partial charge in [0.25, 0.3) is 5.91 Å². The van der Waals surface area contributed by atoms with Gasteiger partial charge in [0.05, 0.1) is 14.7 Å². The molecule has 0 aliphatic rings. The third-order valence-corrected chi connectivity index (χ3v) is 6.61. The number of benzene rings is 1. The number of hydrogen-bond acceptors (Lipinski definition) is 5. The van der Waals surface area contributed by atoms with Gasteiger partial charge in [-0.15, -0.1) is 11.3 Å². The maximum Gasteiger partial charge on any atom is 0.281 e. The molecule has 1 aromatic carbocycles. The van der Waals surface area contributed by atoms with Crippen LogP contribution in [0, 0.1) is 12.3 Å². The zero-order chi connectivity index (χ0) is 18.8. The predicted molar refractivity (Wildman–Crippen MR) is 101 cm³/mol. The van der Waals surface area contributed by atoms with E-state index in [1.165, 1.54) is 29.6 Å². The number of halogens is 1. The molecule has 1 N–H and O–H groups in total. The Hall–Kier alpha value is -1.70. The molecule has 0 atom stereocenters. The molecular formula is C17H19ClN2O3S2. The van der Waals surface area contributed by atoms with Gasteiger partial charge in [-0.05, 0) is 42.2 Å². The second-order valence-electron chi connectivity index (χ2n) is 6.58. The second-order valence-corrected chi connectivity index (χ2v) is 9.81. The van der Waals surface area contributed by atoms with Crippen LogP contribution >= 0.6 is 22.9 Å². The number of carbonyl (C=O) groups is 1. The number of sulfone groups is 1. The highest BCUT2D eigenvalue weighted by Gasteiger charge is 2.25. The Balaban J connectivity index is 2.30. The van der Waals surface area contributed by atoms with Gasteiger partial charge in [-0.3, -0.25) is 4.79 Å². The van der Waals surface area contributed by atoms with Crippen LogP contribution in [-0.2, 0) is 9.84 Å². The van der Waals surface area contributed by atoms with Crippen molar-refractivity contribution in [1.29, 1.82) is 0 Å². The van der Waals surface area contributed by atoms with Crippen molar-refractivity contribution in [2.24, 2.45) is 10.5 Å². The van der Waals surface area contributed by atoms with Crippen molar-refractivity contribution in [3.8, 4) is 0 Å². The molecule has 1 heterocycles. The lowest BCUT2D eigenvalue weighted by Gasteiger charge is -2.09. The minimum absolute atomic E-state index is 0.116. The number of amides is 1. The molecular weight excluding hydrogens is 380 g/mol. The summed E-state index contributed by atoms with van der Waals surface area (Å²) in [6.07, 6.45) is 1.62. The highest BCUT2D eigenvalue weighted by Crippen LogP contribution is 2.31. The summed E-state index contributed by atoms with van der Waals surface area (Å²) < 4.78 is 25.5. The van der Waals surface area contributed by atoms with E-state index in [0.29, 0.717) is 15.5 Å². The van der Waals surface area contributed by atoms with Crippen molar-refractivity contribution in [2.45, 2.75) is 37.5 Å². The highest BCUT2D eigenvalue weighted by atomic mass is 35.5. The Morgan fingerprint density at radius 1 is 1.24 bits per heavy atom. The molecule has 0 bridgehead atoms. The Labute approximate surface area is 156 Å². The molecule has 1 amide bonds. The van der Waals surface area contributed by atoms with Gasteiger partial charge in [-0.2, -0.15) is 5.10 Å². The van der Waals surface area contributed by atoms with Gasteiger partial charge >= 0.3 is 0 Å². The molecule has 134 valence electrons. The summed E-state index contributed by atoms with van der Waals surface area (Å²) in [4.78, 5) is 12.8. The van der Waals surface area contributed by atoms with E-state index in [1.54, 1.807) is 13.1 Å². The Kier molecular flexibility index (Phi) is 5.71. The van der Waals surface area contributed by atoms with Crippen LogP contribution in [0.1, 0.15) is 36.0 Å². The van der Waals surface area contributed by atoms with Crippen LogP contribution in [0.3, 0.4) is 0 Å². The number of thiophene rings is 1. The number of carbonyl (C=O) groups excluding carboxylic acids is 1. The summed E-state index contributed by atoms with van der Waals surface area (Å²) in [7, 11) is -3.71. The zero-order valence-corrected chi connectivity index (χ0v) is 16.7. The molecule has 1 aromatic heterocycles. The van der Waals surface area contributed by atoms with Crippen molar-refractivity contribution in [1.82, 2.24) is 5.43 Å². The summed E-state index contributed by atoms with van der Waals surface area (Å²) in [6.45, 7) is 7.48. The third-order valence-electron chi connectivity index (χ3n) is 3.23. The molecule has 25 heavy (non-hydrogen) atoms. The molecule has 8 heteroatoms. The number of nitrogens with one attached hydrogen (secondary N) is 1. The second kappa shape index (κ2) is 7.27. The number of hydrogen-bond donors (Lipinski definition) is 1. The first-order valence-corrected chi connectivity index (χ1v) is 10.2. The van der Waals surface area contributed by atoms with Crippen LogP contribution in [0.15, 0.2) is 44.5 Å². The van der Waals surface area contributed by atoms with E-state index in [2.05, 4.69) is 10.5 Å². The monoisotopic (exact) mass is 398 g/mol. The summed E-state index contributed by atoms with van der Waals surface area (Å²) in [5.74, 6) is -0.430. The van der Waals surface area contributed by atoms with Gasteiger partial charge in [0.15, 0.2) is 0 Å². The van der Waals surface area contributed by atoms with Crippen LogP contribution < -0.4 is 5.43 Å². The summed E-state index contributed by atoms with van der Waals surface area (Å²) >= 11 is 6.88. The minimum atomic E-state index is -3.71. The van der Waals surface area contributed by atoms with Gasteiger partial charge in [-0.25, -0.2) is 13.8 Å². The van der Waals surface area contributed by atoms with Crippen molar-refractivity contribution in [3.05, 3.63) is 45.1 Å². The highest BCUT2D eigenvalue weighted by molar-refractivity contribution is 7.91. The fraction of sp³-hybridized carbons (Fsp3) is 0.294. The lowest BCUT2D eigenvalue weighted by molar-refractivity contribution is 0.0958. The summed E-state index contributed by atoms with van der Waals surface area (Å²) in [6, 6.07) is 5.93. The van der Waals surface area contributed by atoms with Crippen molar-refractivity contribution in [3.63, 3.8) is 0 Å². The zero-order valence-electron chi connectivity index (χ0n) is 14.3. The molecule has 0 saturated carbocycles. The Bertz CT molecular complexity index is 908. The number of hydrazone groups is 1. The third kappa shape index (κ3) is 4.68. The molecule has 0 unspecified atom stereocenters. The normalized spacial score (nSPS) is 12.5. The maximum absolute atomic E-state index is 12.7. The molecule has 2 rings (SSSR count). The van der Waals surface area contributed by atoms with Crippen molar-refractivity contribution >= 4 is 44.9 Å². The summed E-state index contributed by atoms with van der Waals surface area (Å²) in [5, 5.41) is 5.85. The van der Waals surface area contributed by atoms with E-state index in [-0.39, 0.29) is 15.2 Å². The first kappa shape index (κ1) is 19.6. The van der Waals surface area contributed by atoms with Gasteiger partial charge < -0.3 is 0 Å². The SMILES string of the molecule is Cc1c(S(=O)(=O)c2ccc(Cl)cc2)csc1C(=O)N/N=C\C(C)(C)C. The maximum atomic E-state index is 12.7. The summed E-state index contributed by atoms with van der Waals surface area (Å²) in [5.41, 5.74) is 2.68. The smallest absolute Gasteiger partial charge is 0.266 e. The molecule has 5 nitrogen and oxygen atoms in total.